The van der Waals surface area contributed by atoms with Crippen LogP contribution in [0.4, 0.5) is 0 Å². The molecule has 5 aromatic carbocycles. The Kier molecular flexibility index (Phi) is 11.7. The summed E-state index contributed by atoms with van der Waals surface area (Å²) in [4.78, 5) is 0. The maximum atomic E-state index is 6.91. The summed E-state index contributed by atoms with van der Waals surface area (Å²) in [6.07, 6.45) is 2.59. The summed E-state index contributed by atoms with van der Waals surface area (Å²) in [5, 5.41) is 0. The van der Waals surface area contributed by atoms with Crippen LogP contribution in [-0.2, 0) is 10.2 Å². The molecule has 0 saturated carbocycles. The van der Waals surface area contributed by atoms with Gasteiger partial charge >= 0.3 is 0 Å². The van der Waals surface area contributed by atoms with Crippen molar-refractivity contribution in [2.24, 2.45) is 5.92 Å². The second-order valence-electron chi connectivity index (χ2n) is 13.1. The third-order valence-electron chi connectivity index (χ3n) is 9.79. The summed E-state index contributed by atoms with van der Waals surface area (Å²) < 4.78 is 13.7. The number of ether oxygens (including phenoxy) is 2. The molecule has 0 bridgehead atoms. The minimum absolute atomic E-state index is 0.159. The number of fused-ring (bicyclic) bond motifs is 3. The van der Waals surface area contributed by atoms with Gasteiger partial charge in [-0.3, -0.25) is 0 Å². The highest BCUT2D eigenvalue weighted by Gasteiger charge is 2.35. The van der Waals surface area contributed by atoms with Crippen LogP contribution in [0.3, 0.4) is 0 Å². The van der Waals surface area contributed by atoms with E-state index >= 15 is 0 Å². The van der Waals surface area contributed by atoms with Gasteiger partial charge in [0.05, 0.1) is 6.61 Å². The average Bonchev–Trinajstić information content (AvgIpc) is 3.45. The normalized spacial score (nSPS) is 13.7. The molecule has 0 fully saturated rings. The SMILES string of the molecule is CC.CCCC(c1ccc(OC(CC(C)(c2ccccc2)c2ccccc2)OCC2c3ccccc3-c3ccccc32)cc1)C(C)C. The van der Waals surface area contributed by atoms with Crippen molar-refractivity contribution in [1.82, 2.24) is 0 Å². The van der Waals surface area contributed by atoms with Crippen LogP contribution >= 0.6 is 0 Å². The van der Waals surface area contributed by atoms with E-state index in [2.05, 4.69) is 161 Å². The number of hydrogen-bond donors (Lipinski definition) is 0. The number of rotatable bonds is 13. The maximum Gasteiger partial charge on any atom is 0.201 e. The van der Waals surface area contributed by atoms with Gasteiger partial charge in [-0.25, -0.2) is 0 Å². The first kappa shape index (κ1) is 34.2. The van der Waals surface area contributed by atoms with E-state index in [-0.39, 0.29) is 11.3 Å². The standard InChI is InChI=1S/C43H46O2.C2H6/c1-5-16-36(31(2)3)32-25-27-35(28-26-32)45-42(29-43(4,33-17-8-6-9-18-33)34-19-10-7-11-20-34)44-30-41-39-23-14-12-21-37(39)38-22-13-15-24-40(38)41;1-2/h6-15,17-28,31,36,41-42H,5,16,29-30H2,1-4H3;1-2H3. The molecule has 0 aromatic heterocycles. The highest BCUT2D eigenvalue weighted by Crippen LogP contribution is 2.45. The van der Waals surface area contributed by atoms with Crippen LogP contribution in [-0.4, -0.2) is 12.9 Å². The molecule has 6 rings (SSSR count). The molecule has 0 N–H and O–H groups in total. The van der Waals surface area contributed by atoms with E-state index in [0.717, 1.165) is 5.75 Å². The van der Waals surface area contributed by atoms with Crippen molar-refractivity contribution in [1.29, 1.82) is 0 Å². The molecule has 0 amide bonds. The third-order valence-corrected chi connectivity index (χ3v) is 9.79. The molecular formula is C45H52O2. The second-order valence-corrected chi connectivity index (χ2v) is 13.1. The minimum Gasteiger partial charge on any atom is -0.465 e. The maximum absolute atomic E-state index is 6.91. The first-order valence-electron chi connectivity index (χ1n) is 17.7. The number of hydrogen-bond acceptors (Lipinski definition) is 2. The number of benzene rings is 5. The van der Waals surface area contributed by atoms with E-state index in [1.54, 1.807) is 0 Å². The first-order valence-corrected chi connectivity index (χ1v) is 17.7. The van der Waals surface area contributed by atoms with Crippen molar-refractivity contribution >= 4 is 0 Å². The van der Waals surface area contributed by atoms with E-state index in [0.29, 0.717) is 24.9 Å². The van der Waals surface area contributed by atoms with Gasteiger partial charge in [0.2, 0.25) is 6.29 Å². The lowest BCUT2D eigenvalue weighted by molar-refractivity contribution is -0.0943. The molecule has 0 radical (unpaired) electrons. The molecule has 1 aliphatic carbocycles. The highest BCUT2D eigenvalue weighted by atomic mass is 16.7. The molecule has 2 atom stereocenters. The fourth-order valence-electron chi connectivity index (χ4n) is 7.27. The van der Waals surface area contributed by atoms with Gasteiger partial charge in [-0.05, 0) is 69.3 Å². The predicted molar refractivity (Wildman–Crippen MR) is 198 cm³/mol. The quantitative estimate of drug-likeness (QED) is 0.121. The minimum atomic E-state index is -0.460. The van der Waals surface area contributed by atoms with Gasteiger partial charge < -0.3 is 9.47 Å². The fraction of sp³-hybridized carbons (Fsp3) is 0.333. The summed E-state index contributed by atoms with van der Waals surface area (Å²) in [7, 11) is 0. The molecule has 244 valence electrons. The highest BCUT2D eigenvalue weighted by molar-refractivity contribution is 5.78. The Morgan fingerprint density at radius 1 is 0.638 bits per heavy atom. The molecule has 2 heteroatoms. The van der Waals surface area contributed by atoms with Crippen molar-refractivity contribution in [2.45, 2.75) is 84.3 Å². The molecule has 0 heterocycles. The summed E-state index contributed by atoms with van der Waals surface area (Å²) in [6, 6.07) is 47.8. The van der Waals surface area contributed by atoms with Crippen molar-refractivity contribution < 1.29 is 9.47 Å². The van der Waals surface area contributed by atoms with Gasteiger partial charge in [0.25, 0.3) is 0 Å². The predicted octanol–water partition coefficient (Wildman–Crippen LogP) is 12.2. The Morgan fingerprint density at radius 2 is 1.13 bits per heavy atom. The zero-order chi connectivity index (χ0) is 33.2. The van der Waals surface area contributed by atoms with Crippen LogP contribution in [0.1, 0.15) is 100 Å². The molecule has 47 heavy (non-hydrogen) atoms. The Morgan fingerprint density at radius 3 is 1.62 bits per heavy atom. The van der Waals surface area contributed by atoms with Crippen LogP contribution in [0.15, 0.2) is 133 Å². The topological polar surface area (TPSA) is 18.5 Å². The van der Waals surface area contributed by atoms with Crippen molar-refractivity contribution in [2.75, 3.05) is 6.61 Å². The summed E-state index contributed by atoms with van der Waals surface area (Å²) in [5.74, 6) is 2.16. The molecule has 1 aliphatic rings. The molecule has 2 unspecified atom stereocenters. The monoisotopic (exact) mass is 624 g/mol. The van der Waals surface area contributed by atoms with Crippen molar-refractivity contribution in [3.63, 3.8) is 0 Å². The summed E-state index contributed by atoms with van der Waals surface area (Å²) in [6.45, 7) is 13.8. The lowest BCUT2D eigenvalue weighted by Gasteiger charge is -2.35. The smallest absolute Gasteiger partial charge is 0.201 e. The molecule has 5 aromatic rings. The van der Waals surface area contributed by atoms with Gasteiger partial charge in [-0.15, -0.1) is 0 Å². The molecule has 2 nitrogen and oxygen atoms in total. The largest absolute Gasteiger partial charge is 0.465 e. The lowest BCUT2D eigenvalue weighted by atomic mass is 9.73. The first-order chi connectivity index (χ1) is 23.0. The third kappa shape index (κ3) is 7.71. The Balaban J connectivity index is 0.00000213. The van der Waals surface area contributed by atoms with Crippen LogP contribution in [0.5, 0.6) is 5.75 Å². The van der Waals surface area contributed by atoms with Gasteiger partial charge in [-0.2, -0.15) is 0 Å². The van der Waals surface area contributed by atoms with Crippen molar-refractivity contribution in [3.8, 4) is 16.9 Å². The molecular weight excluding hydrogens is 572 g/mol. The Bertz CT molecular complexity index is 1570. The van der Waals surface area contributed by atoms with Crippen LogP contribution in [0.2, 0.25) is 0 Å². The Hall–Kier alpha value is -4.14. The molecule has 0 aliphatic heterocycles. The lowest BCUT2D eigenvalue weighted by Crippen LogP contribution is -2.34. The fourth-order valence-corrected chi connectivity index (χ4v) is 7.27. The van der Waals surface area contributed by atoms with Gasteiger partial charge in [0.1, 0.15) is 5.75 Å². The van der Waals surface area contributed by atoms with Gasteiger partial charge in [0, 0.05) is 17.8 Å². The van der Waals surface area contributed by atoms with Crippen LogP contribution in [0.25, 0.3) is 11.1 Å². The van der Waals surface area contributed by atoms with Gasteiger partial charge in [-0.1, -0.05) is 169 Å². The zero-order valence-electron chi connectivity index (χ0n) is 29.2. The Labute approximate surface area is 283 Å². The zero-order valence-corrected chi connectivity index (χ0v) is 29.2. The average molecular weight is 625 g/mol. The van der Waals surface area contributed by atoms with E-state index in [9.17, 15) is 0 Å². The molecule has 0 saturated heterocycles. The second kappa shape index (κ2) is 16.1. The summed E-state index contributed by atoms with van der Waals surface area (Å²) >= 11 is 0. The van der Waals surface area contributed by atoms with E-state index in [1.165, 1.54) is 51.8 Å². The molecule has 0 spiro atoms. The van der Waals surface area contributed by atoms with E-state index in [4.69, 9.17) is 9.47 Å². The van der Waals surface area contributed by atoms with Crippen LogP contribution in [0, 0.1) is 5.92 Å². The van der Waals surface area contributed by atoms with Gasteiger partial charge in [0.15, 0.2) is 0 Å². The summed E-state index contributed by atoms with van der Waals surface area (Å²) in [5.41, 5.74) is 8.83. The van der Waals surface area contributed by atoms with Crippen LogP contribution < -0.4 is 4.74 Å². The van der Waals surface area contributed by atoms with Crippen molar-refractivity contribution in [3.05, 3.63) is 161 Å². The van der Waals surface area contributed by atoms with E-state index in [1.807, 2.05) is 13.8 Å². The van der Waals surface area contributed by atoms with E-state index < -0.39 is 6.29 Å².